The van der Waals surface area contributed by atoms with Gasteiger partial charge in [-0.3, -0.25) is 4.79 Å². The maximum absolute atomic E-state index is 14.6. The molecule has 2 aromatic carbocycles. The number of hydrogen-bond acceptors (Lipinski definition) is 7. The fourth-order valence-electron chi connectivity index (χ4n) is 6.63. The summed E-state index contributed by atoms with van der Waals surface area (Å²) in [5.41, 5.74) is 2.22. The number of thioether (sulfide) groups is 1. The van der Waals surface area contributed by atoms with Gasteiger partial charge in [0.2, 0.25) is 10.0 Å². The van der Waals surface area contributed by atoms with E-state index in [0.29, 0.717) is 61.2 Å². The summed E-state index contributed by atoms with van der Waals surface area (Å²) in [6, 6.07) is 19.1. The van der Waals surface area contributed by atoms with Crippen LogP contribution in [0, 0.1) is 0 Å². The molecule has 4 heterocycles. The topological polar surface area (TPSA) is 105 Å². The number of nitrogens with zero attached hydrogens (tertiary/aromatic N) is 5. The maximum atomic E-state index is 14.6. The van der Waals surface area contributed by atoms with Gasteiger partial charge in [0, 0.05) is 44.3 Å². The second kappa shape index (κ2) is 14.3. The van der Waals surface area contributed by atoms with E-state index in [9.17, 15) is 18.0 Å². The fourth-order valence-corrected chi connectivity index (χ4v) is 10.4. The van der Waals surface area contributed by atoms with E-state index < -0.39 is 26.3 Å². The fraction of sp³-hybridized carbons (Fsp3) is 0.457. The number of carbonyl (C=O) groups excluding carboxylic acids is 2. The van der Waals surface area contributed by atoms with Crippen molar-refractivity contribution in [2.45, 2.75) is 68.7 Å². The number of piperidine rings is 1. The van der Waals surface area contributed by atoms with Crippen LogP contribution >= 0.6 is 23.4 Å². The average molecular weight is 712 g/mol. The molecule has 0 N–H and O–H groups in total. The molecule has 0 spiro atoms. The predicted molar refractivity (Wildman–Crippen MR) is 189 cm³/mol. The number of piperazine rings is 1. The lowest BCUT2D eigenvalue weighted by Crippen LogP contribution is -2.58. The van der Waals surface area contributed by atoms with Gasteiger partial charge in [0.15, 0.2) is 5.69 Å². The Bertz CT molecular complexity index is 1760. The molecule has 2 saturated heterocycles. The second-order valence-electron chi connectivity index (χ2n) is 13.5. The number of sulfonamides is 1. The van der Waals surface area contributed by atoms with Crippen molar-refractivity contribution in [3.05, 3.63) is 88.7 Å². The summed E-state index contributed by atoms with van der Waals surface area (Å²) in [5.74, 6) is -0.222. The Hall–Kier alpha value is -3.32. The molecule has 10 nitrogen and oxygen atoms in total. The summed E-state index contributed by atoms with van der Waals surface area (Å²) in [6.07, 6.45) is 5.42. The van der Waals surface area contributed by atoms with Gasteiger partial charge in [-0.1, -0.05) is 90.1 Å². The molecule has 0 bridgehead atoms. The number of rotatable bonds is 7. The number of carbonyl (C=O) groups is 2. The highest BCUT2D eigenvalue weighted by Crippen LogP contribution is 2.41. The number of benzene rings is 2. The van der Waals surface area contributed by atoms with Crippen LogP contribution in [0.15, 0.2) is 77.4 Å². The molecule has 0 saturated carbocycles. The Kier molecular flexibility index (Phi) is 10.3. The van der Waals surface area contributed by atoms with Gasteiger partial charge in [-0.15, -0.1) is 0 Å². The third-order valence-electron chi connectivity index (χ3n) is 8.91. The van der Waals surface area contributed by atoms with Crippen molar-refractivity contribution in [1.82, 2.24) is 23.7 Å². The number of ether oxygens (including phenoxy) is 1. The van der Waals surface area contributed by atoms with Gasteiger partial charge in [0.1, 0.15) is 10.2 Å². The predicted octanol–water partition coefficient (Wildman–Crippen LogP) is 6.36. The largest absolute Gasteiger partial charge is 0.444 e. The van der Waals surface area contributed by atoms with Crippen LogP contribution in [0.2, 0.25) is 0 Å². The van der Waals surface area contributed by atoms with E-state index in [2.05, 4.69) is 0 Å². The molecular weight excluding hydrogens is 670 g/mol. The van der Waals surface area contributed by atoms with Crippen LogP contribution < -0.4 is 0 Å². The van der Waals surface area contributed by atoms with Crippen molar-refractivity contribution in [3.63, 3.8) is 0 Å². The van der Waals surface area contributed by atoms with E-state index in [4.69, 9.17) is 21.3 Å². The molecule has 13 heteroatoms. The van der Waals surface area contributed by atoms with Crippen LogP contribution in [0.1, 0.15) is 62.1 Å². The van der Waals surface area contributed by atoms with Crippen molar-refractivity contribution in [1.29, 1.82) is 0 Å². The van der Waals surface area contributed by atoms with E-state index in [1.807, 2.05) is 90.9 Å². The van der Waals surface area contributed by atoms with E-state index in [1.54, 1.807) is 21.6 Å². The molecule has 48 heavy (non-hydrogen) atoms. The van der Waals surface area contributed by atoms with Crippen LogP contribution in [0.25, 0.3) is 11.3 Å². The van der Waals surface area contributed by atoms with Crippen molar-refractivity contribution in [3.8, 4) is 11.3 Å². The molecule has 256 valence electrons. The zero-order valence-corrected chi connectivity index (χ0v) is 29.9. The van der Waals surface area contributed by atoms with Gasteiger partial charge < -0.3 is 19.1 Å². The highest BCUT2D eigenvalue weighted by Gasteiger charge is 2.40. The number of aromatic nitrogens is 2. The molecule has 0 aliphatic carbocycles. The Labute approximate surface area is 292 Å². The SMILES string of the molecule is CC(C)(C)OC(=O)N1CCN(C(=O)c2ncn(C3CCCN(S(=O)(=O)C4CC=C(Cl)S4)C3)c2-c2ccccc2)[C@H](Cc2ccccc2)C1. The first-order valence-electron chi connectivity index (χ1n) is 16.4. The molecule has 2 fully saturated rings. The van der Waals surface area contributed by atoms with Gasteiger partial charge in [-0.2, -0.15) is 4.31 Å². The number of amides is 2. The molecule has 3 aliphatic rings. The minimum atomic E-state index is -3.59. The maximum Gasteiger partial charge on any atom is 0.410 e. The zero-order chi connectivity index (χ0) is 34.1. The molecule has 1 aromatic heterocycles. The average Bonchev–Trinajstić information content (AvgIpc) is 3.72. The highest BCUT2D eigenvalue weighted by molar-refractivity contribution is 8.16. The summed E-state index contributed by atoms with van der Waals surface area (Å²) < 4.78 is 36.4. The first kappa shape index (κ1) is 34.5. The Morgan fingerprint density at radius 2 is 1.71 bits per heavy atom. The molecule has 3 aromatic rings. The number of hydrogen-bond donors (Lipinski definition) is 0. The molecule has 0 radical (unpaired) electrons. The quantitative estimate of drug-likeness (QED) is 0.281. The molecule has 2 unspecified atom stereocenters. The Morgan fingerprint density at radius 3 is 2.38 bits per heavy atom. The molecule has 3 atom stereocenters. The van der Waals surface area contributed by atoms with Crippen LogP contribution in [-0.4, -0.2) is 93.0 Å². The lowest BCUT2D eigenvalue weighted by atomic mass is 10.0. The summed E-state index contributed by atoms with van der Waals surface area (Å²) in [7, 11) is -3.59. The lowest BCUT2D eigenvalue weighted by molar-refractivity contribution is 0.00429. The normalized spacial score (nSPS) is 22.4. The highest BCUT2D eigenvalue weighted by atomic mass is 35.5. The van der Waals surface area contributed by atoms with Crippen molar-refractivity contribution in [2.75, 3.05) is 32.7 Å². The second-order valence-corrected chi connectivity index (χ2v) is 17.8. The number of allylic oxidation sites excluding steroid dienone is 1. The number of halogens is 1. The van der Waals surface area contributed by atoms with E-state index in [0.717, 1.165) is 17.5 Å². The number of imidazole rings is 1. The smallest absolute Gasteiger partial charge is 0.410 e. The van der Waals surface area contributed by atoms with Crippen molar-refractivity contribution in [2.24, 2.45) is 0 Å². The minimum absolute atomic E-state index is 0.211. The molecule has 2 amide bonds. The van der Waals surface area contributed by atoms with E-state index in [1.165, 1.54) is 11.8 Å². The summed E-state index contributed by atoms with van der Waals surface area (Å²) >= 11 is 7.32. The molecular formula is C35H42ClN5O5S2. The Morgan fingerprint density at radius 1 is 1.00 bits per heavy atom. The first-order chi connectivity index (χ1) is 22.9. The van der Waals surface area contributed by atoms with Crippen molar-refractivity contribution >= 4 is 45.4 Å². The van der Waals surface area contributed by atoms with Gasteiger partial charge in [0.05, 0.1) is 22.4 Å². The first-order valence-corrected chi connectivity index (χ1v) is 19.1. The van der Waals surface area contributed by atoms with Gasteiger partial charge >= 0.3 is 6.09 Å². The van der Waals surface area contributed by atoms with Crippen LogP contribution in [-0.2, 0) is 21.2 Å². The van der Waals surface area contributed by atoms with Crippen molar-refractivity contribution < 1.29 is 22.7 Å². The monoisotopic (exact) mass is 711 g/mol. The van der Waals surface area contributed by atoms with E-state index in [-0.39, 0.29) is 24.5 Å². The van der Waals surface area contributed by atoms with Crippen LogP contribution in [0.3, 0.4) is 0 Å². The standard InChI is InChI=1S/C35H42ClN5O5S2/c1-35(2,3)46-34(43)38-19-20-40(28(22-38)21-25-11-6-4-7-12-25)33(42)31-32(26-13-8-5-9-14-26)41(24-37-31)27-15-10-18-39(23-27)48(44,45)30-17-16-29(36)47-30/h4-9,11-14,16,24,27-28,30H,10,15,17-23H2,1-3H3/t27?,28-,30?/m1/s1. The lowest BCUT2D eigenvalue weighted by Gasteiger charge is -2.41. The third-order valence-corrected chi connectivity index (χ3v) is 13.1. The van der Waals surface area contributed by atoms with Crippen LogP contribution in [0.5, 0.6) is 0 Å². The van der Waals surface area contributed by atoms with Gasteiger partial charge in [0.25, 0.3) is 5.91 Å². The Balaban J connectivity index is 1.31. The summed E-state index contributed by atoms with van der Waals surface area (Å²) in [5, 5.41) is 0. The van der Waals surface area contributed by atoms with Gasteiger partial charge in [-0.25, -0.2) is 18.2 Å². The molecule has 3 aliphatic heterocycles. The minimum Gasteiger partial charge on any atom is -0.444 e. The summed E-state index contributed by atoms with van der Waals surface area (Å²) in [4.78, 5) is 36.0. The zero-order valence-electron chi connectivity index (χ0n) is 27.5. The van der Waals surface area contributed by atoms with E-state index >= 15 is 0 Å². The molecule has 6 rings (SSSR count). The third kappa shape index (κ3) is 7.61. The summed E-state index contributed by atoms with van der Waals surface area (Å²) in [6.45, 7) is 7.23. The van der Waals surface area contributed by atoms with Crippen LogP contribution in [0.4, 0.5) is 4.79 Å². The van der Waals surface area contributed by atoms with Gasteiger partial charge in [-0.05, 0) is 52.0 Å².